The monoisotopic (exact) mass is 411 g/mol. The van der Waals surface area contributed by atoms with Crippen molar-refractivity contribution < 1.29 is 23.9 Å². The number of ether oxygens (including phenoxy) is 2. The minimum Gasteiger partial charge on any atom is -0.494 e. The SMILES string of the molecule is CCOc1ccc(OCC(=O)NN2C(=O)NC(C)(CCc3ccccc3)C2=O)cc1. The lowest BCUT2D eigenvalue weighted by molar-refractivity contribution is -0.139. The minimum absolute atomic E-state index is 0.341. The number of imide groups is 1. The van der Waals surface area contributed by atoms with Crippen LogP contribution in [0.2, 0.25) is 0 Å². The van der Waals surface area contributed by atoms with Crippen molar-refractivity contribution in [1.82, 2.24) is 15.8 Å². The molecule has 8 heteroatoms. The second-order valence-electron chi connectivity index (χ2n) is 7.12. The van der Waals surface area contributed by atoms with E-state index in [1.807, 2.05) is 37.3 Å². The van der Waals surface area contributed by atoms with Crippen molar-refractivity contribution in [1.29, 1.82) is 0 Å². The number of amides is 4. The summed E-state index contributed by atoms with van der Waals surface area (Å²) in [5.41, 5.74) is 2.29. The van der Waals surface area contributed by atoms with Gasteiger partial charge in [-0.25, -0.2) is 4.79 Å². The summed E-state index contributed by atoms with van der Waals surface area (Å²) < 4.78 is 10.7. The van der Waals surface area contributed by atoms with E-state index in [2.05, 4.69) is 10.7 Å². The summed E-state index contributed by atoms with van der Waals surface area (Å²) in [7, 11) is 0. The van der Waals surface area contributed by atoms with Gasteiger partial charge in [-0.2, -0.15) is 5.01 Å². The Hall–Kier alpha value is -3.55. The highest BCUT2D eigenvalue weighted by Gasteiger charge is 2.48. The van der Waals surface area contributed by atoms with Crippen LogP contribution in [0, 0.1) is 0 Å². The fraction of sp³-hybridized carbons (Fsp3) is 0.318. The number of benzene rings is 2. The standard InChI is InChI=1S/C22H25N3O5/c1-3-29-17-9-11-18(12-10-17)30-15-19(26)24-25-20(27)22(2,23-21(25)28)14-13-16-7-5-4-6-8-16/h4-12H,3,13-15H2,1-2H3,(H,23,28)(H,24,26). The smallest absolute Gasteiger partial charge is 0.344 e. The molecule has 1 heterocycles. The van der Waals surface area contributed by atoms with E-state index >= 15 is 0 Å². The van der Waals surface area contributed by atoms with Gasteiger partial charge in [0.1, 0.15) is 17.0 Å². The van der Waals surface area contributed by atoms with Gasteiger partial charge >= 0.3 is 6.03 Å². The third-order valence-electron chi connectivity index (χ3n) is 4.76. The summed E-state index contributed by atoms with van der Waals surface area (Å²) in [4.78, 5) is 37.2. The number of hydrogen-bond acceptors (Lipinski definition) is 5. The van der Waals surface area contributed by atoms with Gasteiger partial charge in [0.15, 0.2) is 6.61 Å². The maximum absolute atomic E-state index is 12.7. The second-order valence-corrected chi connectivity index (χ2v) is 7.12. The molecule has 3 rings (SSSR count). The van der Waals surface area contributed by atoms with Crippen molar-refractivity contribution in [3.8, 4) is 11.5 Å². The summed E-state index contributed by atoms with van der Waals surface area (Å²) in [5, 5.41) is 3.38. The zero-order valence-electron chi connectivity index (χ0n) is 17.0. The normalized spacial score (nSPS) is 18.1. The van der Waals surface area contributed by atoms with Crippen molar-refractivity contribution in [3.05, 3.63) is 60.2 Å². The molecule has 30 heavy (non-hydrogen) atoms. The van der Waals surface area contributed by atoms with Crippen molar-refractivity contribution in [2.75, 3.05) is 13.2 Å². The van der Waals surface area contributed by atoms with E-state index in [9.17, 15) is 14.4 Å². The molecular weight excluding hydrogens is 386 g/mol. The Morgan fingerprint density at radius 2 is 1.67 bits per heavy atom. The Morgan fingerprint density at radius 3 is 2.30 bits per heavy atom. The highest BCUT2D eigenvalue weighted by atomic mass is 16.5. The lowest BCUT2D eigenvalue weighted by Gasteiger charge is -2.21. The maximum Gasteiger partial charge on any atom is 0.344 e. The number of hydrogen-bond donors (Lipinski definition) is 2. The van der Waals surface area contributed by atoms with E-state index in [4.69, 9.17) is 9.47 Å². The molecule has 1 aliphatic rings. The third kappa shape index (κ3) is 5.08. The van der Waals surface area contributed by atoms with Crippen LogP contribution in [0.25, 0.3) is 0 Å². The molecule has 2 aromatic rings. The Kier molecular flexibility index (Phi) is 6.56. The largest absolute Gasteiger partial charge is 0.494 e. The van der Waals surface area contributed by atoms with E-state index in [1.54, 1.807) is 31.2 Å². The van der Waals surface area contributed by atoms with Crippen molar-refractivity contribution in [2.45, 2.75) is 32.2 Å². The molecular formula is C22H25N3O5. The summed E-state index contributed by atoms with van der Waals surface area (Å²) >= 11 is 0. The Balaban J connectivity index is 1.52. The minimum atomic E-state index is -1.09. The van der Waals surface area contributed by atoms with Crippen LogP contribution >= 0.6 is 0 Å². The van der Waals surface area contributed by atoms with Gasteiger partial charge < -0.3 is 14.8 Å². The average Bonchev–Trinajstić information content (AvgIpc) is 2.96. The molecule has 0 saturated carbocycles. The number of carbonyl (C=O) groups excluding carboxylic acids is 3. The molecule has 1 unspecified atom stereocenters. The number of hydrazine groups is 1. The molecule has 4 amide bonds. The van der Waals surface area contributed by atoms with Gasteiger partial charge in [-0.05, 0) is 56.5 Å². The fourth-order valence-electron chi connectivity index (χ4n) is 3.10. The molecule has 0 bridgehead atoms. The quantitative estimate of drug-likeness (QED) is 0.618. The van der Waals surface area contributed by atoms with Crippen LogP contribution in [-0.2, 0) is 16.0 Å². The predicted molar refractivity (Wildman–Crippen MR) is 110 cm³/mol. The third-order valence-corrected chi connectivity index (χ3v) is 4.76. The Bertz CT molecular complexity index is 901. The molecule has 1 saturated heterocycles. The highest BCUT2D eigenvalue weighted by Crippen LogP contribution is 2.22. The molecule has 1 aliphatic heterocycles. The molecule has 0 radical (unpaired) electrons. The molecule has 1 atom stereocenters. The molecule has 0 aliphatic carbocycles. The molecule has 8 nitrogen and oxygen atoms in total. The summed E-state index contributed by atoms with van der Waals surface area (Å²) in [6, 6.07) is 15.8. The first-order valence-electron chi connectivity index (χ1n) is 9.77. The summed E-state index contributed by atoms with van der Waals surface area (Å²) in [6.07, 6.45) is 1.03. The molecule has 0 aromatic heterocycles. The van der Waals surface area contributed by atoms with Gasteiger partial charge in [0, 0.05) is 0 Å². The molecule has 1 fully saturated rings. The molecule has 158 valence electrons. The maximum atomic E-state index is 12.7. The molecule has 0 spiro atoms. The lowest BCUT2D eigenvalue weighted by Crippen LogP contribution is -2.50. The van der Waals surface area contributed by atoms with Crippen LogP contribution in [0.15, 0.2) is 54.6 Å². The average molecular weight is 411 g/mol. The van der Waals surface area contributed by atoms with Gasteiger partial charge in [0.05, 0.1) is 6.61 Å². The van der Waals surface area contributed by atoms with Gasteiger partial charge in [-0.1, -0.05) is 30.3 Å². The first-order valence-corrected chi connectivity index (χ1v) is 9.77. The Morgan fingerprint density at radius 1 is 1.03 bits per heavy atom. The van der Waals surface area contributed by atoms with Gasteiger partial charge in [-0.15, -0.1) is 0 Å². The van der Waals surface area contributed by atoms with Crippen LogP contribution in [0.3, 0.4) is 0 Å². The first kappa shape index (κ1) is 21.2. The number of urea groups is 1. The first-order chi connectivity index (χ1) is 14.4. The van der Waals surface area contributed by atoms with E-state index < -0.39 is 23.4 Å². The van der Waals surface area contributed by atoms with Crippen LogP contribution in [0.1, 0.15) is 25.8 Å². The van der Waals surface area contributed by atoms with Crippen LogP contribution in [0.5, 0.6) is 11.5 Å². The van der Waals surface area contributed by atoms with E-state index in [1.165, 1.54) is 0 Å². The topological polar surface area (TPSA) is 97.0 Å². The fourth-order valence-corrected chi connectivity index (χ4v) is 3.10. The van der Waals surface area contributed by atoms with E-state index in [0.717, 1.165) is 10.6 Å². The number of carbonyl (C=O) groups is 3. The zero-order valence-corrected chi connectivity index (χ0v) is 17.0. The molecule has 2 N–H and O–H groups in total. The number of aryl methyl sites for hydroxylation is 1. The van der Waals surface area contributed by atoms with Gasteiger partial charge in [0.25, 0.3) is 11.8 Å². The predicted octanol–water partition coefficient (Wildman–Crippen LogP) is 2.44. The van der Waals surface area contributed by atoms with E-state index in [-0.39, 0.29) is 6.61 Å². The number of rotatable bonds is 9. The van der Waals surface area contributed by atoms with Gasteiger partial charge in [0.2, 0.25) is 0 Å². The van der Waals surface area contributed by atoms with Gasteiger partial charge in [-0.3, -0.25) is 15.0 Å². The van der Waals surface area contributed by atoms with Crippen molar-refractivity contribution in [2.24, 2.45) is 0 Å². The zero-order chi connectivity index (χ0) is 21.6. The van der Waals surface area contributed by atoms with Crippen molar-refractivity contribution >= 4 is 17.8 Å². The van der Waals surface area contributed by atoms with Crippen LogP contribution < -0.4 is 20.2 Å². The molecule has 2 aromatic carbocycles. The highest BCUT2D eigenvalue weighted by molar-refractivity contribution is 6.07. The lowest BCUT2D eigenvalue weighted by atomic mass is 9.93. The number of nitrogens with one attached hydrogen (secondary N) is 2. The summed E-state index contributed by atoms with van der Waals surface area (Å²) in [6.45, 7) is 3.75. The van der Waals surface area contributed by atoms with E-state index in [0.29, 0.717) is 30.9 Å². The van der Waals surface area contributed by atoms with Crippen LogP contribution in [0.4, 0.5) is 4.79 Å². The van der Waals surface area contributed by atoms with Crippen LogP contribution in [-0.4, -0.2) is 41.6 Å². The van der Waals surface area contributed by atoms with Crippen molar-refractivity contribution in [3.63, 3.8) is 0 Å². The summed E-state index contributed by atoms with van der Waals surface area (Å²) in [5.74, 6) is 0.0551. The Labute approximate surface area is 175 Å². The number of nitrogens with zero attached hydrogens (tertiary/aromatic N) is 1. The second kappa shape index (κ2) is 9.30.